The molecule has 0 aliphatic heterocycles. The summed E-state index contributed by atoms with van der Waals surface area (Å²) in [5, 5.41) is 3.25. The average Bonchev–Trinajstić information content (AvgIpc) is 2.32. The van der Waals surface area contributed by atoms with Crippen molar-refractivity contribution in [3.63, 3.8) is 0 Å². The summed E-state index contributed by atoms with van der Waals surface area (Å²) in [5.41, 5.74) is 11.8. The second-order valence-electron chi connectivity index (χ2n) is 4.03. The first kappa shape index (κ1) is 13.6. The number of hydrogen-bond donors (Lipinski definition) is 3. The van der Waals surface area contributed by atoms with E-state index in [1.165, 1.54) is 6.42 Å². The maximum absolute atomic E-state index is 5.64. The van der Waals surface area contributed by atoms with Gasteiger partial charge in [-0.2, -0.15) is 0 Å². The highest BCUT2D eigenvalue weighted by Gasteiger charge is 2.01. The summed E-state index contributed by atoms with van der Waals surface area (Å²) in [6.07, 6.45) is 1.18. The number of likely N-dealkylation sites (N-methyl/N-ethyl adjacent to an activating group) is 1. The van der Waals surface area contributed by atoms with E-state index in [1.54, 1.807) is 6.07 Å². The molecule has 0 amide bonds. The first-order valence-corrected chi connectivity index (χ1v) is 6.15. The predicted octanol–water partition coefficient (Wildman–Crippen LogP) is 1.39. The fourth-order valence-corrected chi connectivity index (χ4v) is 1.67. The highest BCUT2D eigenvalue weighted by Crippen LogP contribution is 2.14. The monoisotopic (exact) mass is 237 g/mol. The van der Waals surface area contributed by atoms with E-state index < -0.39 is 0 Å². The van der Waals surface area contributed by atoms with Crippen LogP contribution in [-0.4, -0.2) is 36.1 Å². The molecule has 1 aromatic rings. The molecule has 0 bridgehead atoms. The van der Waals surface area contributed by atoms with Crippen LogP contribution in [0.1, 0.15) is 20.3 Å². The number of nitrogens with one attached hydrogen (secondary N) is 1. The third-order valence-electron chi connectivity index (χ3n) is 2.68. The molecule has 1 rings (SSSR count). The molecule has 0 aliphatic rings. The lowest BCUT2D eigenvalue weighted by atomic mass is 10.3. The smallest absolute Gasteiger partial charge is 0.149 e. The Hall–Kier alpha value is -1.49. The van der Waals surface area contributed by atoms with Gasteiger partial charge in [-0.3, -0.25) is 0 Å². The van der Waals surface area contributed by atoms with Crippen LogP contribution in [0.4, 0.5) is 17.3 Å². The summed E-state index contributed by atoms with van der Waals surface area (Å²) in [7, 11) is 0. The molecule has 0 saturated carbocycles. The van der Waals surface area contributed by atoms with Gasteiger partial charge in [0.2, 0.25) is 0 Å². The number of nitrogens with zero attached hydrogens (tertiary/aromatic N) is 2. The van der Waals surface area contributed by atoms with Gasteiger partial charge < -0.3 is 21.7 Å². The SMILES string of the molecule is CCCN(CC)CCNc1ccc(N)c(N)n1. The number of pyridine rings is 1. The highest BCUT2D eigenvalue weighted by molar-refractivity contribution is 5.61. The number of aromatic nitrogens is 1. The third-order valence-corrected chi connectivity index (χ3v) is 2.68. The number of anilines is 3. The normalized spacial score (nSPS) is 10.8. The Morgan fingerprint density at radius 2 is 2.00 bits per heavy atom. The van der Waals surface area contributed by atoms with Crippen LogP contribution in [0.3, 0.4) is 0 Å². The fourth-order valence-electron chi connectivity index (χ4n) is 1.67. The topological polar surface area (TPSA) is 80.2 Å². The van der Waals surface area contributed by atoms with E-state index in [1.807, 2.05) is 6.07 Å². The minimum atomic E-state index is 0.385. The summed E-state index contributed by atoms with van der Waals surface area (Å²) in [6.45, 7) is 8.45. The third kappa shape index (κ3) is 4.48. The molecule has 0 atom stereocenters. The van der Waals surface area contributed by atoms with E-state index in [4.69, 9.17) is 11.5 Å². The molecule has 0 aliphatic carbocycles. The number of nitrogens with two attached hydrogens (primary N) is 2. The van der Waals surface area contributed by atoms with Gasteiger partial charge in [-0.1, -0.05) is 13.8 Å². The minimum absolute atomic E-state index is 0.385. The Morgan fingerprint density at radius 3 is 2.59 bits per heavy atom. The van der Waals surface area contributed by atoms with E-state index in [0.717, 1.165) is 32.0 Å². The number of hydrogen-bond acceptors (Lipinski definition) is 5. The van der Waals surface area contributed by atoms with Gasteiger partial charge in [-0.15, -0.1) is 0 Å². The lowest BCUT2D eigenvalue weighted by Crippen LogP contribution is -2.29. The molecule has 17 heavy (non-hydrogen) atoms. The van der Waals surface area contributed by atoms with Gasteiger partial charge in [0, 0.05) is 13.1 Å². The van der Waals surface area contributed by atoms with E-state index in [0.29, 0.717) is 11.5 Å². The minimum Gasteiger partial charge on any atom is -0.396 e. The number of rotatable bonds is 7. The summed E-state index contributed by atoms with van der Waals surface area (Å²) in [4.78, 5) is 6.56. The van der Waals surface area contributed by atoms with Gasteiger partial charge >= 0.3 is 0 Å². The molecule has 0 saturated heterocycles. The van der Waals surface area contributed by atoms with Crippen LogP contribution >= 0.6 is 0 Å². The van der Waals surface area contributed by atoms with Crippen molar-refractivity contribution in [2.75, 3.05) is 43.0 Å². The molecule has 0 radical (unpaired) electrons. The van der Waals surface area contributed by atoms with Gasteiger partial charge in [0.1, 0.15) is 11.6 Å². The van der Waals surface area contributed by atoms with Crippen molar-refractivity contribution in [1.82, 2.24) is 9.88 Å². The molecular formula is C12H23N5. The molecule has 1 heterocycles. The quantitative estimate of drug-likeness (QED) is 0.668. The molecule has 5 nitrogen and oxygen atoms in total. The largest absolute Gasteiger partial charge is 0.396 e. The van der Waals surface area contributed by atoms with Crippen molar-refractivity contribution in [2.24, 2.45) is 0 Å². The van der Waals surface area contributed by atoms with E-state index >= 15 is 0 Å². The van der Waals surface area contributed by atoms with Crippen molar-refractivity contribution >= 4 is 17.3 Å². The van der Waals surface area contributed by atoms with Crippen molar-refractivity contribution < 1.29 is 0 Å². The van der Waals surface area contributed by atoms with Gasteiger partial charge in [0.05, 0.1) is 5.69 Å². The van der Waals surface area contributed by atoms with E-state index in [9.17, 15) is 0 Å². The van der Waals surface area contributed by atoms with Gasteiger partial charge in [-0.05, 0) is 31.6 Å². The molecule has 1 aromatic heterocycles. The molecule has 0 aromatic carbocycles. The molecule has 96 valence electrons. The lowest BCUT2D eigenvalue weighted by Gasteiger charge is -2.19. The second-order valence-corrected chi connectivity index (χ2v) is 4.03. The Bertz CT molecular complexity index is 340. The summed E-state index contributed by atoms with van der Waals surface area (Å²) in [5.74, 6) is 1.17. The highest BCUT2D eigenvalue weighted by atomic mass is 15.1. The first-order valence-electron chi connectivity index (χ1n) is 6.15. The van der Waals surface area contributed by atoms with Crippen molar-refractivity contribution in [3.05, 3.63) is 12.1 Å². The maximum Gasteiger partial charge on any atom is 0.149 e. The molecular weight excluding hydrogens is 214 g/mol. The standard InChI is InChI=1S/C12H23N5/c1-3-8-17(4-2)9-7-15-11-6-5-10(13)12(14)16-11/h5-6H,3-4,7-9,13H2,1-2H3,(H3,14,15,16). The fraction of sp³-hybridized carbons (Fsp3) is 0.583. The van der Waals surface area contributed by atoms with E-state index in [2.05, 4.69) is 29.0 Å². The molecule has 0 fully saturated rings. The van der Waals surface area contributed by atoms with Crippen LogP contribution in [0, 0.1) is 0 Å². The predicted molar refractivity (Wildman–Crippen MR) is 74.0 cm³/mol. The molecule has 5 N–H and O–H groups in total. The van der Waals surface area contributed by atoms with Crippen LogP contribution in [-0.2, 0) is 0 Å². The van der Waals surface area contributed by atoms with Crippen LogP contribution in [0.5, 0.6) is 0 Å². The van der Waals surface area contributed by atoms with Crippen LogP contribution in [0.15, 0.2) is 12.1 Å². The summed E-state index contributed by atoms with van der Waals surface area (Å²) >= 11 is 0. The lowest BCUT2D eigenvalue weighted by molar-refractivity contribution is 0.300. The Balaban J connectivity index is 2.37. The van der Waals surface area contributed by atoms with Crippen LogP contribution < -0.4 is 16.8 Å². The van der Waals surface area contributed by atoms with Crippen LogP contribution in [0.2, 0.25) is 0 Å². The molecule has 0 unspecified atom stereocenters. The van der Waals surface area contributed by atoms with E-state index in [-0.39, 0.29) is 0 Å². The maximum atomic E-state index is 5.64. The van der Waals surface area contributed by atoms with Crippen molar-refractivity contribution in [3.8, 4) is 0 Å². The Morgan fingerprint density at radius 1 is 1.24 bits per heavy atom. The summed E-state index contributed by atoms with van der Waals surface area (Å²) < 4.78 is 0. The van der Waals surface area contributed by atoms with Crippen molar-refractivity contribution in [2.45, 2.75) is 20.3 Å². The first-order chi connectivity index (χ1) is 8.17. The van der Waals surface area contributed by atoms with Gasteiger partial charge in [0.25, 0.3) is 0 Å². The average molecular weight is 237 g/mol. The van der Waals surface area contributed by atoms with Crippen LogP contribution in [0.25, 0.3) is 0 Å². The summed E-state index contributed by atoms with van der Waals surface area (Å²) in [6, 6.07) is 3.62. The Kier molecular flexibility index (Phi) is 5.56. The van der Waals surface area contributed by atoms with Crippen molar-refractivity contribution in [1.29, 1.82) is 0 Å². The zero-order valence-corrected chi connectivity index (χ0v) is 10.7. The zero-order chi connectivity index (χ0) is 12.7. The van der Waals surface area contributed by atoms with Gasteiger partial charge in [0.15, 0.2) is 0 Å². The molecule has 5 heteroatoms. The number of nitrogen functional groups attached to an aromatic ring is 2. The van der Waals surface area contributed by atoms with Gasteiger partial charge in [-0.25, -0.2) is 4.98 Å². The molecule has 0 spiro atoms. The Labute approximate surface area is 103 Å². The second kappa shape index (κ2) is 6.96. The zero-order valence-electron chi connectivity index (χ0n) is 10.7.